The summed E-state index contributed by atoms with van der Waals surface area (Å²) in [5.74, 6) is -5.26. The molecular weight excluding hydrogens is 796 g/mol. The second-order valence-corrected chi connectivity index (χ2v) is 15.6. The van der Waals surface area contributed by atoms with E-state index in [1.807, 2.05) is 71.9 Å². The number of benzene rings is 3. The van der Waals surface area contributed by atoms with Gasteiger partial charge in [-0.05, 0) is 108 Å². The quantitative estimate of drug-likeness (QED) is 0.0965. The number of carbonyl (C=O) groups excluding carboxylic acids is 4. The molecule has 0 bridgehead atoms. The molecule has 2 aliphatic heterocycles. The predicted octanol–water partition coefficient (Wildman–Crippen LogP) is 6.68. The minimum atomic E-state index is -1.94. The minimum Gasteiger partial charge on any atom is -0.504 e. The fourth-order valence-electron chi connectivity index (χ4n) is 7.89. The first-order valence-corrected chi connectivity index (χ1v) is 17.7. The Morgan fingerprint density at radius 2 is 1.54 bits per heavy atom. The molecule has 7 rings (SSSR count). The van der Waals surface area contributed by atoms with Crippen molar-refractivity contribution in [2.75, 3.05) is 38.1 Å². The number of methoxy groups -OCH3 is 1. The molecular formula is C36H32Cl2IN5O6. The Bertz CT molecular complexity index is 2020. The molecule has 3 aromatic carbocycles. The van der Waals surface area contributed by atoms with Gasteiger partial charge in [-0.15, -0.1) is 23.2 Å². The Kier molecular flexibility index (Phi) is 8.50. The highest BCUT2D eigenvalue weighted by atomic mass is 127. The zero-order valence-electron chi connectivity index (χ0n) is 27.4. The van der Waals surface area contributed by atoms with Crippen molar-refractivity contribution in [3.05, 3.63) is 81.4 Å². The van der Waals surface area contributed by atoms with E-state index in [0.717, 1.165) is 10.6 Å². The maximum absolute atomic E-state index is 14.3. The molecule has 2 saturated heterocycles. The molecule has 0 radical (unpaired) electrons. The number of rotatable bonds is 6. The van der Waals surface area contributed by atoms with Crippen LogP contribution in [0.1, 0.15) is 24.3 Å². The van der Waals surface area contributed by atoms with E-state index in [1.165, 1.54) is 19.1 Å². The van der Waals surface area contributed by atoms with E-state index in [9.17, 15) is 24.3 Å². The SMILES string of the molecule is COc1cc(C2C3=CCC4C(=O)N(c5ccc(N=Nc6ccc(N(C)C)cc6)cc5)C(=O)C4C3CC3(Cl)C(=O)N(C)C(=O)C23Cl)cc(I)c1O. The summed E-state index contributed by atoms with van der Waals surface area (Å²) in [6.07, 6.45) is 1.96. The monoisotopic (exact) mass is 827 g/mol. The molecule has 2 heterocycles. The maximum atomic E-state index is 14.3. The third kappa shape index (κ3) is 4.96. The largest absolute Gasteiger partial charge is 0.504 e. The number of imide groups is 2. The van der Waals surface area contributed by atoms with Crippen LogP contribution in [0.4, 0.5) is 22.7 Å². The number of halogens is 3. The number of azo groups is 1. The van der Waals surface area contributed by atoms with E-state index >= 15 is 0 Å². The molecule has 2 aliphatic carbocycles. The summed E-state index contributed by atoms with van der Waals surface area (Å²) in [6, 6.07) is 17.5. The molecule has 1 saturated carbocycles. The Morgan fingerprint density at radius 1 is 0.920 bits per heavy atom. The first-order valence-electron chi connectivity index (χ1n) is 15.9. The zero-order valence-corrected chi connectivity index (χ0v) is 31.1. The topological polar surface area (TPSA) is 132 Å². The molecule has 258 valence electrons. The molecule has 14 heteroatoms. The van der Waals surface area contributed by atoms with Crippen molar-refractivity contribution in [2.45, 2.75) is 28.5 Å². The van der Waals surface area contributed by atoms with Gasteiger partial charge in [0.1, 0.15) is 0 Å². The van der Waals surface area contributed by atoms with E-state index in [0.29, 0.717) is 31.8 Å². The van der Waals surface area contributed by atoms with Gasteiger partial charge in [0, 0.05) is 32.7 Å². The number of hydrogen-bond acceptors (Lipinski definition) is 9. The van der Waals surface area contributed by atoms with Gasteiger partial charge in [0.05, 0.1) is 39.6 Å². The summed E-state index contributed by atoms with van der Waals surface area (Å²) in [5.41, 5.74) is 3.77. The molecule has 3 aromatic rings. The summed E-state index contributed by atoms with van der Waals surface area (Å²) in [4.78, 5) is 56.1. The van der Waals surface area contributed by atoms with Gasteiger partial charge in [-0.3, -0.25) is 29.0 Å². The molecule has 6 unspecified atom stereocenters. The van der Waals surface area contributed by atoms with Crippen molar-refractivity contribution in [1.82, 2.24) is 4.90 Å². The number of fused-ring (bicyclic) bond motifs is 4. The second kappa shape index (κ2) is 12.3. The normalized spacial score (nSPS) is 28.9. The standard InChI is InChI=1S/C36H32Cl2IN5O6/c1-42(2)21-9-5-19(6-10-21)40-41-20-7-11-22(12-8-20)44-31(46)24-14-13-23-25(28(24)32(44)47)17-35(37)33(48)43(3)34(49)36(35,38)29(23)18-15-26(39)30(45)27(16-18)50-4/h5-13,15-16,24-25,28-29,45H,14,17H2,1-4H3. The molecule has 11 nitrogen and oxygen atoms in total. The van der Waals surface area contributed by atoms with Crippen molar-refractivity contribution in [3.63, 3.8) is 0 Å². The average Bonchev–Trinajstić information content (AvgIpc) is 3.43. The zero-order chi connectivity index (χ0) is 35.9. The highest BCUT2D eigenvalue weighted by Crippen LogP contribution is 2.65. The number of alkyl halides is 2. The minimum absolute atomic E-state index is 0.0908. The number of ether oxygens (including phenoxy) is 1. The van der Waals surface area contributed by atoms with Gasteiger partial charge < -0.3 is 14.7 Å². The number of carbonyl (C=O) groups is 4. The number of amides is 4. The maximum Gasteiger partial charge on any atom is 0.253 e. The average molecular weight is 828 g/mol. The van der Waals surface area contributed by atoms with E-state index in [1.54, 1.807) is 36.4 Å². The summed E-state index contributed by atoms with van der Waals surface area (Å²) < 4.78 is 5.85. The molecule has 4 amide bonds. The molecule has 50 heavy (non-hydrogen) atoms. The van der Waals surface area contributed by atoms with Crippen molar-refractivity contribution in [2.24, 2.45) is 28.0 Å². The number of anilines is 2. The second-order valence-electron chi connectivity index (χ2n) is 13.2. The van der Waals surface area contributed by atoms with Crippen LogP contribution in [0.5, 0.6) is 11.5 Å². The third-order valence-electron chi connectivity index (χ3n) is 10.4. The van der Waals surface area contributed by atoms with Crippen molar-refractivity contribution >= 4 is 92.2 Å². The number of phenolic OH excluding ortho intramolecular Hbond substituents is 1. The molecule has 0 aromatic heterocycles. The third-order valence-corrected chi connectivity index (χ3v) is 12.6. The summed E-state index contributed by atoms with van der Waals surface area (Å²) in [5, 5.41) is 19.2. The van der Waals surface area contributed by atoms with Crippen LogP contribution in [-0.2, 0) is 19.2 Å². The summed E-state index contributed by atoms with van der Waals surface area (Å²) in [7, 11) is 6.65. The van der Waals surface area contributed by atoms with Crippen LogP contribution in [-0.4, -0.2) is 71.6 Å². The van der Waals surface area contributed by atoms with Gasteiger partial charge >= 0.3 is 0 Å². The lowest BCUT2D eigenvalue weighted by molar-refractivity contribution is -0.138. The van der Waals surface area contributed by atoms with Crippen LogP contribution in [0.3, 0.4) is 0 Å². The highest BCUT2D eigenvalue weighted by molar-refractivity contribution is 14.1. The number of allylic oxidation sites excluding steroid dienone is 2. The smallest absolute Gasteiger partial charge is 0.253 e. The Balaban J connectivity index is 1.23. The lowest BCUT2D eigenvalue weighted by atomic mass is 9.56. The van der Waals surface area contributed by atoms with Crippen molar-refractivity contribution < 1.29 is 29.0 Å². The fraction of sp³-hybridized carbons (Fsp3) is 0.333. The number of nitrogens with zero attached hydrogens (tertiary/aromatic N) is 5. The molecule has 0 spiro atoms. The van der Waals surface area contributed by atoms with Crippen LogP contribution in [0, 0.1) is 21.3 Å². The number of likely N-dealkylation sites (tertiary alicyclic amines) is 1. The Morgan fingerprint density at radius 3 is 2.14 bits per heavy atom. The van der Waals surface area contributed by atoms with E-state index in [2.05, 4.69) is 10.2 Å². The lowest BCUT2D eigenvalue weighted by Gasteiger charge is -2.50. The molecule has 6 atom stereocenters. The molecule has 4 aliphatic rings. The van der Waals surface area contributed by atoms with E-state index in [4.69, 9.17) is 27.9 Å². The summed E-state index contributed by atoms with van der Waals surface area (Å²) >= 11 is 16.5. The molecule has 1 N–H and O–H groups in total. The number of hydrogen-bond donors (Lipinski definition) is 1. The number of phenols is 1. The van der Waals surface area contributed by atoms with Crippen LogP contribution in [0.2, 0.25) is 0 Å². The summed E-state index contributed by atoms with van der Waals surface area (Å²) in [6.45, 7) is 0. The van der Waals surface area contributed by atoms with Gasteiger partial charge in [0.25, 0.3) is 11.8 Å². The predicted molar refractivity (Wildman–Crippen MR) is 197 cm³/mol. The van der Waals surface area contributed by atoms with Gasteiger partial charge in [0.2, 0.25) is 11.8 Å². The van der Waals surface area contributed by atoms with E-state index in [-0.39, 0.29) is 30.2 Å². The van der Waals surface area contributed by atoms with Gasteiger partial charge in [-0.2, -0.15) is 10.2 Å². The van der Waals surface area contributed by atoms with Crippen molar-refractivity contribution in [1.29, 1.82) is 0 Å². The van der Waals surface area contributed by atoms with Crippen LogP contribution >= 0.6 is 45.8 Å². The highest BCUT2D eigenvalue weighted by Gasteiger charge is 2.76. The van der Waals surface area contributed by atoms with E-state index < -0.39 is 51.1 Å². The molecule has 3 fully saturated rings. The Hall–Kier alpha value is -4.01. The Labute approximate surface area is 312 Å². The first-order chi connectivity index (χ1) is 23.7. The van der Waals surface area contributed by atoms with Gasteiger partial charge in [-0.25, -0.2) is 0 Å². The van der Waals surface area contributed by atoms with Gasteiger partial charge in [-0.1, -0.05) is 11.6 Å². The first kappa shape index (κ1) is 34.4. The van der Waals surface area contributed by atoms with Crippen LogP contribution in [0.15, 0.2) is 82.5 Å². The van der Waals surface area contributed by atoms with Crippen LogP contribution < -0.4 is 14.5 Å². The van der Waals surface area contributed by atoms with Crippen molar-refractivity contribution in [3.8, 4) is 11.5 Å². The number of aromatic hydroxyl groups is 1. The fourth-order valence-corrected chi connectivity index (χ4v) is 9.53. The van der Waals surface area contributed by atoms with Crippen LogP contribution in [0.25, 0.3) is 0 Å². The van der Waals surface area contributed by atoms with Gasteiger partial charge in [0.15, 0.2) is 21.2 Å². The lowest BCUT2D eigenvalue weighted by Crippen LogP contribution is -2.60.